The van der Waals surface area contributed by atoms with E-state index in [9.17, 15) is 8.42 Å². The van der Waals surface area contributed by atoms with E-state index in [2.05, 4.69) is 10.0 Å². The minimum atomic E-state index is -3.19. The van der Waals surface area contributed by atoms with Crippen LogP contribution in [0.4, 0.5) is 0 Å². The minimum absolute atomic E-state index is 0.238. The van der Waals surface area contributed by atoms with Gasteiger partial charge in [-0.15, -0.1) is 0 Å². The zero-order chi connectivity index (χ0) is 12.7. The van der Waals surface area contributed by atoms with Crippen molar-refractivity contribution < 1.29 is 13.2 Å². The summed E-state index contributed by atoms with van der Waals surface area (Å²) in [5, 5.41) is 2.65. The van der Waals surface area contributed by atoms with Gasteiger partial charge in [0.1, 0.15) is 0 Å². The molecule has 2 atom stereocenters. The molecule has 2 N–H and O–H groups in total. The lowest BCUT2D eigenvalue weighted by Crippen LogP contribution is -2.39. The fraction of sp³-hybridized carbons (Fsp3) is 1.00. The van der Waals surface area contributed by atoms with Gasteiger partial charge in [0.2, 0.25) is 10.0 Å². The lowest BCUT2D eigenvalue weighted by atomic mass is 10.2. The molecule has 0 spiro atoms. The summed E-state index contributed by atoms with van der Waals surface area (Å²) in [5.41, 5.74) is 0. The molecule has 0 aromatic heterocycles. The second-order valence-electron chi connectivity index (χ2n) is 4.48. The normalized spacial score (nSPS) is 22.8. The molecule has 5 nitrogen and oxygen atoms in total. The smallest absolute Gasteiger partial charge is 0.215 e. The molecule has 17 heavy (non-hydrogen) atoms. The second-order valence-corrected chi connectivity index (χ2v) is 6.66. The van der Waals surface area contributed by atoms with Gasteiger partial charge in [-0.25, -0.2) is 13.1 Å². The summed E-state index contributed by atoms with van der Waals surface area (Å²) in [7, 11) is -3.19. The van der Waals surface area contributed by atoms with E-state index >= 15 is 0 Å². The van der Waals surface area contributed by atoms with Crippen molar-refractivity contribution in [1.29, 1.82) is 0 Å². The average Bonchev–Trinajstić information content (AvgIpc) is 2.78. The van der Waals surface area contributed by atoms with Gasteiger partial charge in [-0.3, -0.25) is 0 Å². The first-order chi connectivity index (χ1) is 8.06. The Morgan fingerprint density at radius 1 is 1.47 bits per heavy atom. The SMILES string of the molecule is CCNCC(C)S(=O)(=O)NCCC1CCCO1. The fourth-order valence-electron chi connectivity index (χ4n) is 1.83. The third-order valence-electron chi connectivity index (χ3n) is 3.01. The van der Waals surface area contributed by atoms with Gasteiger partial charge in [-0.05, 0) is 32.7 Å². The van der Waals surface area contributed by atoms with E-state index in [4.69, 9.17) is 4.74 Å². The third kappa shape index (κ3) is 5.33. The Kier molecular flexibility index (Phi) is 6.40. The van der Waals surface area contributed by atoms with Crippen molar-refractivity contribution in [3.63, 3.8) is 0 Å². The predicted octanol–water partition coefficient (Wildman–Crippen LogP) is 0.473. The first-order valence-electron chi connectivity index (χ1n) is 6.37. The van der Waals surface area contributed by atoms with Gasteiger partial charge < -0.3 is 10.1 Å². The molecule has 6 heteroatoms. The molecule has 0 bridgehead atoms. The van der Waals surface area contributed by atoms with Crippen LogP contribution >= 0.6 is 0 Å². The number of hydrogen-bond donors (Lipinski definition) is 2. The molecule has 0 radical (unpaired) electrons. The largest absolute Gasteiger partial charge is 0.378 e. The van der Waals surface area contributed by atoms with Gasteiger partial charge in [0.25, 0.3) is 0 Å². The zero-order valence-electron chi connectivity index (χ0n) is 10.7. The quantitative estimate of drug-likeness (QED) is 0.669. The maximum absolute atomic E-state index is 11.8. The average molecular weight is 264 g/mol. The van der Waals surface area contributed by atoms with Crippen LogP contribution in [0.5, 0.6) is 0 Å². The highest BCUT2D eigenvalue weighted by Gasteiger charge is 2.21. The molecule has 102 valence electrons. The van der Waals surface area contributed by atoms with E-state index in [1.54, 1.807) is 6.92 Å². The molecule has 0 saturated carbocycles. The Balaban J connectivity index is 2.23. The third-order valence-corrected chi connectivity index (χ3v) is 4.84. The maximum atomic E-state index is 11.8. The molecule has 0 aliphatic carbocycles. The van der Waals surface area contributed by atoms with Crippen molar-refractivity contribution >= 4 is 10.0 Å². The Morgan fingerprint density at radius 2 is 2.24 bits per heavy atom. The Hall–Kier alpha value is -0.170. The highest BCUT2D eigenvalue weighted by Crippen LogP contribution is 2.14. The van der Waals surface area contributed by atoms with Gasteiger partial charge >= 0.3 is 0 Å². The van der Waals surface area contributed by atoms with Gasteiger partial charge in [-0.2, -0.15) is 0 Å². The zero-order valence-corrected chi connectivity index (χ0v) is 11.6. The lowest BCUT2D eigenvalue weighted by molar-refractivity contribution is 0.105. The van der Waals surface area contributed by atoms with Crippen molar-refractivity contribution in [2.24, 2.45) is 0 Å². The fourth-order valence-corrected chi connectivity index (χ4v) is 2.86. The van der Waals surface area contributed by atoms with Crippen LogP contribution in [-0.2, 0) is 14.8 Å². The van der Waals surface area contributed by atoms with E-state index in [0.717, 1.165) is 32.4 Å². The highest BCUT2D eigenvalue weighted by molar-refractivity contribution is 7.90. The Bertz CT molecular complexity index is 300. The Morgan fingerprint density at radius 3 is 2.82 bits per heavy atom. The first kappa shape index (κ1) is 14.9. The van der Waals surface area contributed by atoms with E-state index in [1.165, 1.54) is 0 Å². The number of hydrogen-bond acceptors (Lipinski definition) is 4. The molecule has 0 aromatic rings. The van der Waals surface area contributed by atoms with E-state index < -0.39 is 15.3 Å². The molecule has 0 aromatic carbocycles. The summed E-state index contributed by atoms with van der Waals surface area (Å²) in [6.45, 7) is 6.25. The molecular formula is C11H24N2O3S. The molecule has 2 unspecified atom stereocenters. The molecule has 1 fully saturated rings. The van der Waals surface area contributed by atoms with Crippen LogP contribution in [0, 0.1) is 0 Å². The number of rotatable bonds is 8. The van der Waals surface area contributed by atoms with Gasteiger partial charge in [0, 0.05) is 19.7 Å². The topological polar surface area (TPSA) is 67.4 Å². The monoisotopic (exact) mass is 264 g/mol. The van der Waals surface area contributed by atoms with E-state index in [-0.39, 0.29) is 6.10 Å². The summed E-state index contributed by atoms with van der Waals surface area (Å²) in [6.07, 6.45) is 3.15. The van der Waals surface area contributed by atoms with Crippen LogP contribution in [0.2, 0.25) is 0 Å². The molecule has 1 aliphatic heterocycles. The van der Waals surface area contributed by atoms with E-state index in [0.29, 0.717) is 13.1 Å². The summed E-state index contributed by atoms with van der Waals surface area (Å²) >= 11 is 0. The number of ether oxygens (including phenoxy) is 1. The van der Waals surface area contributed by atoms with Crippen molar-refractivity contribution in [2.45, 2.75) is 44.5 Å². The second kappa shape index (κ2) is 7.31. The van der Waals surface area contributed by atoms with Crippen LogP contribution in [0.3, 0.4) is 0 Å². The van der Waals surface area contributed by atoms with Crippen LogP contribution in [0.15, 0.2) is 0 Å². The number of sulfonamides is 1. The van der Waals surface area contributed by atoms with E-state index in [1.807, 2.05) is 6.92 Å². The van der Waals surface area contributed by atoms with Crippen LogP contribution in [0.25, 0.3) is 0 Å². The summed E-state index contributed by atoms with van der Waals surface area (Å²) in [6, 6.07) is 0. The molecule has 1 aliphatic rings. The first-order valence-corrected chi connectivity index (χ1v) is 7.91. The van der Waals surface area contributed by atoms with Crippen LogP contribution < -0.4 is 10.0 Å². The summed E-state index contributed by atoms with van der Waals surface area (Å²) < 4.78 is 31.7. The van der Waals surface area contributed by atoms with Crippen LogP contribution in [0.1, 0.15) is 33.1 Å². The molecular weight excluding hydrogens is 240 g/mol. The molecule has 1 saturated heterocycles. The summed E-state index contributed by atoms with van der Waals surface area (Å²) in [4.78, 5) is 0. The Labute approximate surface area is 104 Å². The minimum Gasteiger partial charge on any atom is -0.378 e. The summed E-state index contributed by atoms with van der Waals surface area (Å²) in [5.74, 6) is 0. The molecule has 0 amide bonds. The van der Waals surface area contributed by atoms with Crippen molar-refractivity contribution in [3.05, 3.63) is 0 Å². The maximum Gasteiger partial charge on any atom is 0.215 e. The van der Waals surface area contributed by atoms with Crippen molar-refractivity contribution in [1.82, 2.24) is 10.0 Å². The lowest BCUT2D eigenvalue weighted by Gasteiger charge is -2.15. The predicted molar refractivity (Wildman–Crippen MR) is 68.5 cm³/mol. The number of nitrogens with one attached hydrogen (secondary N) is 2. The van der Waals surface area contributed by atoms with Crippen molar-refractivity contribution in [3.8, 4) is 0 Å². The standard InChI is InChI=1S/C11H24N2O3S/c1-3-12-9-10(2)17(14,15)13-7-6-11-5-4-8-16-11/h10-13H,3-9H2,1-2H3. The van der Waals surface area contributed by atoms with Crippen molar-refractivity contribution in [2.75, 3.05) is 26.2 Å². The van der Waals surface area contributed by atoms with Crippen LogP contribution in [-0.4, -0.2) is 46.0 Å². The van der Waals surface area contributed by atoms with Gasteiger partial charge in [0.05, 0.1) is 11.4 Å². The molecule has 1 heterocycles. The van der Waals surface area contributed by atoms with Gasteiger partial charge in [-0.1, -0.05) is 6.92 Å². The van der Waals surface area contributed by atoms with Gasteiger partial charge in [0.15, 0.2) is 0 Å². The molecule has 1 rings (SSSR count). The highest BCUT2D eigenvalue weighted by atomic mass is 32.2.